The van der Waals surface area contributed by atoms with Crippen LogP contribution in [0.1, 0.15) is 52.9 Å². The fourth-order valence-corrected chi connectivity index (χ4v) is 8.42. The molecule has 6 aliphatic carbocycles. The van der Waals surface area contributed by atoms with E-state index in [1.54, 1.807) is 6.92 Å². The Kier molecular flexibility index (Phi) is 3.57. The van der Waals surface area contributed by atoms with Gasteiger partial charge in [0.1, 0.15) is 5.60 Å². The van der Waals surface area contributed by atoms with E-state index < -0.39 is 11.6 Å². The zero-order valence-corrected chi connectivity index (χ0v) is 18.0. The molecule has 6 rings (SSSR count). The predicted molar refractivity (Wildman–Crippen MR) is 111 cm³/mol. The number of hydrogen-bond donors (Lipinski definition) is 1. The van der Waals surface area contributed by atoms with E-state index in [0.717, 1.165) is 25.7 Å². The first-order chi connectivity index (χ1) is 14.2. The van der Waals surface area contributed by atoms with Crippen LogP contribution in [0.15, 0.2) is 23.3 Å². The van der Waals surface area contributed by atoms with Crippen molar-refractivity contribution < 1.29 is 19.4 Å². The second-order valence-corrected chi connectivity index (χ2v) is 11.0. The summed E-state index contributed by atoms with van der Waals surface area (Å²) in [5.74, 6) is 8.03. The van der Waals surface area contributed by atoms with E-state index in [4.69, 9.17) is 4.74 Å². The van der Waals surface area contributed by atoms with Gasteiger partial charge in [-0.25, -0.2) is 4.79 Å². The Hall–Kier alpha value is -1.86. The van der Waals surface area contributed by atoms with Gasteiger partial charge in [0.25, 0.3) is 0 Å². The minimum atomic E-state index is -1.10. The van der Waals surface area contributed by atoms with Crippen LogP contribution in [-0.2, 0) is 14.3 Å². The Morgan fingerprint density at radius 2 is 2.10 bits per heavy atom. The SMILES string of the molecule is CCOC(=O)C#C[C@]1(O)[C@H]2C[C@H]2C2C3C(CC[C@@]21C)[C@@]1(C)CCC(=O)C=C1C1=C[C@@H]13. The van der Waals surface area contributed by atoms with Crippen LogP contribution in [-0.4, -0.2) is 29.1 Å². The average Bonchev–Trinajstić information content (AvgIpc) is 3.60. The third kappa shape index (κ3) is 2.13. The minimum Gasteiger partial charge on any atom is -0.456 e. The molecule has 0 radical (unpaired) electrons. The summed E-state index contributed by atoms with van der Waals surface area (Å²) < 4.78 is 4.99. The number of carbonyl (C=O) groups is 2. The van der Waals surface area contributed by atoms with Crippen molar-refractivity contribution in [2.24, 2.45) is 46.3 Å². The van der Waals surface area contributed by atoms with E-state index in [-0.39, 0.29) is 22.5 Å². The number of fused-ring (bicyclic) bond motifs is 10. The Morgan fingerprint density at radius 3 is 2.87 bits per heavy atom. The molecule has 3 unspecified atom stereocenters. The molecule has 0 heterocycles. The first-order valence-electron chi connectivity index (χ1n) is 11.6. The van der Waals surface area contributed by atoms with Crippen LogP contribution in [0.2, 0.25) is 0 Å². The van der Waals surface area contributed by atoms with Crippen molar-refractivity contribution in [3.8, 4) is 11.8 Å². The Bertz CT molecular complexity index is 994. The summed E-state index contributed by atoms with van der Waals surface area (Å²) in [6.45, 7) is 6.67. The number of carbonyl (C=O) groups excluding carboxylic acids is 2. The van der Waals surface area contributed by atoms with Crippen LogP contribution in [0.3, 0.4) is 0 Å². The van der Waals surface area contributed by atoms with E-state index in [2.05, 4.69) is 31.8 Å². The van der Waals surface area contributed by atoms with E-state index in [9.17, 15) is 14.7 Å². The Labute approximate surface area is 178 Å². The Morgan fingerprint density at radius 1 is 1.30 bits per heavy atom. The van der Waals surface area contributed by atoms with Crippen molar-refractivity contribution in [1.29, 1.82) is 0 Å². The van der Waals surface area contributed by atoms with E-state index in [0.29, 0.717) is 42.6 Å². The maximum Gasteiger partial charge on any atom is 0.384 e. The van der Waals surface area contributed by atoms with Gasteiger partial charge in [-0.1, -0.05) is 25.8 Å². The van der Waals surface area contributed by atoms with Crippen LogP contribution in [0.5, 0.6) is 0 Å². The van der Waals surface area contributed by atoms with Crippen LogP contribution in [0.4, 0.5) is 0 Å². The fraction of sp³-hybridized carbons (Fsp3) is 0.692. The highest BCUT2D eigenvalue weighted by Gasteiger charge is 2.77. The number of rotatable bonds is 1. The van der Waals surface area contributed by atoms with E-state index in [1.807, 2.05) is 6.08 Å². The number of ether oxygens (including phenoxy) is 1. The summed E-state index contributed by atoms with van der Waals surface area (Å²) in [6, 6.07) is 0. The molecule has 9 atom stereocenters. The molecule has 0 aromatic rings. The summed E-state index contributed by atoms with van der Waals surface area (Å²) in [7, 11) is 0. The van der Waals surface area contributed by atoms with Gasteiger partial charge < -0.3 is 9.84 Å². The lowest BCUT2D eigenvalue weighted by atomic mass is 9.45. The van der Waals surface area contributed by atoms with Crippen molar-refractivity contribution in [2.75, 3.05) is 6.61 Å². The third-order valence-corrected chi connectivity index (χ3v) is 9.89. The van der Waals surface area contributed by atoms with Crippen LogP contribution in [0.25, 0.3) is 0 Å². The summed E-state index contributed by atoms with van der Waals surface area (Å²) >= 11 is 0. The molecule has 158 valence electrons. The minimum absolute atomic E-state index is 0.0838. The highest BCUT2D eigenvalue weighted by atomic mass is 16.5. The molecule has 0 spiro atoms. The second kappa shape index (κ2) is 5.68. The maximum atomic E-state index is 12.1. The van der Waals surface area contributed by atoms with Gasteiger partial charge in [-0.2, -0.15) is 0 Å². The van der Waals surface area contributed by atoms with Gasteiger partial charge in [-0.3, -0.25) is 4.79 Å². The summed E-state index contributed by atoms with van der Waals surface area (Å²) in [4.78, 5) is 24.0. The molecule has 4 nitrogen and oxygen atoms in total. The van der Waals surface area contributed by atoms with Crippen LogP contribution < -0.4 is 0 Å². The molecule has 0 saturated heterocycles. The monoisotopic (exact) mass is 406 g/mol. The standard InChI is InChI=1S/C26H30O4/c1-4-30-21(28)7-10-26(29)20-13-17(20)23-22-16-12-15(16)19-11-14(27)5-8-24(19,2)18(22)6-9-25(23,26)3/h11-12,16-18,20,22-23,29H,4-6,8-9,13H2,1-3H3/t16-,17+,18?,20-,22?,23?,24+,25-,26-/m0/s1. The second-order valence-electron chi connectivity index (χ2n) is 11.0. The first-order valence-corrected chi connectivity index (χ1v) is 11.6. The zero-order valence-electron chi connectivity index (χ0n) is 18.0. The van der Waals surface area contributed by atoms with Gasteiger partial charge in [0.05, 0.1) is 6.61 Å². The van der Waals surface area contributed by atoms with Crippen LogP contribution >= 0.6 is 0 Å². The van der Waals surface area contributed by atoms with Crippen molar-refractivity contribution in [1.82, 2.24) is 0 Å². The zero-order chi connectivity index (χ0) is 21.1. The van der Waals surface area contributed by atoms with Crippen molar-refractivity contribution in [3.05, 3.63) is 23.3 Å². The third-order valence-electron chi connectivity index (χ3n) is 9.89. The molecule has 6 aliphatic rings. The molecule has 30 heavy (non-hydrogen) atoms. The molecule has 4 heteroatoms. The molecule has 0 amide bonds. The lowest BCUT2D eigenvalue weighted by Crippen LogP contribution is -2.57. The van der Waals surface area contributed by atoms with Crippen molar-refractivity contribution in [3.63, 3.8) is 0 Å². The topological polar surface area (TPSA) is 63.6 Å². The van der Waals surface area contributed by atoms with Gasteiger partial charge in [-0.15, -0.1) is 0 Å². The van der Waals surface area contributed by atoms with Gasteiger partial charge in [-0.05, 0) is 78.9 Å². The number of esters is 1. The fourth-order valence-electron chi connectivity index (χ4n) is 8.42. The molecule has 0 aliphatic heterocycles. The highest BCUT2D eigenvalue weighted by molar-refractivity contribution is 5.93. The lowest BCUT2D eigenvalue weighted by molar-refractivity contribution is -0.136. The van der Waals surface area contributed by atoms with Gasteiger partial charge in [0, 0.05) is 29.6 Å². The van der Waals surface area contributed by atoms with E-state index >= 15 is 0 Å². The summed E-state index contributed by atoms with van der Waals surface area (Å²) in [5.41, 5.74) is 1.41. The first kappa shape index (κ1) is 18.9. The lowest BCUT2D eigenvalue weighted by Gasteiger charge is -2.59. The molecule has 0 aromatic heterocycles. The normalized spacial score (nSPS) is 51.5. The Balaban J connectivity index is 1.38. The smallest absolute Gasteiger partial charge is 0.384 e. The predicted octanol–water partition coefficient (Wildman–Crippen LogP) is 3.45. The quantitative estimate of drug-likeness (QED) is 0.412. The van der Waals surface area contributed by atoms with Gasteiger partial charge in [0.15, 0.2) is 5.78 Å². The number of ketones is 1. The van der Waals surface area contributed by atoms with Gasteiger partial charge in [0.2, 0.25) is 0 Å². The molecule has 0 aromatic carbocycles. The summed E-state index contributed by atoms with van der Waals surface area (Å²) in [5, 5.41) is 11.8. The average molecular weight is 407 g/mol. The molecular formula is C26H30O4. The largest absolute Gasteiger partial charge is 0.456 e. The number of aliphatic hydroxyl groups is 1. The molecular weight excluding hydrogens is 376 g/mol. The van der Waals surface area contributed by atoms with Gasteiger partial charge >= 0.3 is 5.97 Å². The summed E-state index contributed by atoms with van der Waals surface area (Å²) in [6.07, 6.45) is 8.93. The van der Waals surface area contributed by atoms with Crippen LogP contribution in [0, 0.1) is 58.2 Å². The number of hydrogen-bond acceptors (Lipinski definition) is 4. The highest BCUT2D eigenvalue weighted by Crippen LogP contribution is 2.79. The molecule has 4 saturated carbocycles. The van der Waals surface area contributed by atoms with Crippen molar-refractivity contribution >= 4 is 11.8 Å². The number of allylic oxidation sites excluding steroid dienone is 3. The molecule has 1 N–H and O–H groups in total. The molecule has 4 fully saturated rings. The molecule has 0 bridgehead atoms. The maximum absolute atomic E-state index is 12.1. The van der Waals surface area contributed by atoms with Crippen molar-refractivity contribution in [2.45, 2.75) is 58.5 Å². The van der Waals surface area contributed by atoms with E-state index in [1.165, 1.54) is 11.1 Å².